The van der Waals surface area contributed by atoms with Crippen molar-refractivity contribution in [1.82, 2.24) is 20.1 Å². The second-order valence-electron chi connectivity index (χ2n) is 7.65. The highest BCUT2D eigenvalue weighted by atomic mass is 32.2. The van der Waals surface area contributed by atoms with Crippen LogP contribution in [0.2, 0.25) is 0 Å². The van der Waals surface area contributed by atoms with Crippen LogP contribution in [0.1, 0.15) is 10.4 Å². The van der Waals surface area contributed by atoms with E-state index in [1.54, 1.807) is 30.5 Å². The van der Waals surface area contributed by atoms with Crippen LogP contribution in [0.3, 0.4) is 0 Å². The van der Waals surface area contributed by atoms with Crippen molar-refractivity contribution in [2.75, 3.05) is 45.1 Å². The Morgan fingerprint density at radius 3 is 2.88 bits per heavy atom. The molecule has 2 fully saturated rings. The minimum atomic E-state index is -0.237. The normalized spacial score (nSPS) is 20.1. The minimum absolute atomic E-state index is 0.0882. The molecule has 3 heterocycles. The number of nitrogens with zero attached hydrogens (tertiary/aromatic N) is 4. The third kappa shape index (κ3) is 5.74. The maximum absolute atomic E-state index is 12.3. The Morgan fingerprint density at radius 1 is 1.34 bits per heavy atom. The molecule has 0 saturated carbocycles. The number of aromatic nitrogens is 1. The van der Waals surface area contributed by atoms with E-state index >= 15 is 0 Å². The molecule has 1 aromatic heterocycles. The highest BCUT2D eigenvalue weighted by Crippen LogP contribution is 2.31. The summed E-state index contributed by atoms with van der Waals surface area (Å²) in [4.78, 5) is 39.0. The molecule has 2 aromatic rings. The number of carbonyl (C=O) groups is 2. The Balaban J connectivity index is 1.36. The van der Waals surface area contributed by atoms with Crippen molar-refractivity contribution >= 4 is 57.0 Å². The first-order chi connectivity index (χ1) is 15.4. The van der Waals surface area contributed by atoms with Gasteiger partial charge in [0.05, 0.1) is 22.0 Å². The first-order valence-corrected chi connectivity index (χ1v) is 11.7. The van der Waals surface area contributed by atoms with Crippen LogP contribution in [0.5, 0.6) is 5.75 Å². The van der Waals surface area contributed by atoms with Gasteiger partial charge in [0.1, 0.15) is 5.75 Å². The quantitative estimate of drug-likeness (QED) is 0.573. The van der Waals surface area contributed by atoms with Gasteiger partial charge in [-0.3, -0.25) is 14.5 Å². The van der Waals surface area contributed by atoms with Gasteiger partial charge in [0, 0.05) is 32.4 Å². The van der Waals surface area contributed by atoms with E-state index in [0.29, 0.717) is 27.4 Å². The average Bonchev–Trinajstić information content (AvgIpc) is 3.32. The van der Waals surface area contributed by atoms with Gasteiger partial charge in [-0.1, -0.05) is 11.3 Å². The van der Waals surface area contributed by atoms with Gasteiger partial charge in [-0.05, 0) is 55.6 Å². The number of thioether (sulfide) groups is 1. The molecule has 0 atom stereocenters. The predicted octanol–water partition coefficient (Wildman–Crippen LogP) is 2.23. The van der Waals surface area contributed by atoms with Crippen LogP contribution in [0, 0.1) is 6.92 Å². The number of amides is 2. The number of nitrogens with one attached hydrogen (secondary N) is 2. The average molecular weight is 473 g/mol. The third-order valence-corrected chi connectivity index (χ3v) is 6.83. The maximum atomic E-state index is 12.3. The molecule has 2 saturated heterocycles. The molecular weight excluding hydrogens is 448 g/mol. The molecule has 3 N–H and O–H groups in total. The Morgan fingerprint density at radius 2 is 2.12 bits per heavy atom. The summed E-state index contributed by atoms with van der Waals surface area (Å²) in [5, 5.41) is 16.1. The Kier molecular flexibility index (Phi) is 6.89. The van der Waals surface area contributed by atoms with Gasteiger partial charge in [-0.25, -0.2) is 9.98 Å². The van der Waals surface area contributed by atoms with Gasteiger partial charge in [-0.15, -0.1) is 0 Å². The molecule has 0 spiro atoms. The number of rotatable bonds is 5. The number of hydrogen-bond donors (Lipinski definition) is 3. The molecule has 11 heteroatoms. The van der Waals surface area contributed by atoms with Crippen molar-refractivity contribution in [3.63, 3.8) is 0 Å². The molecule has 0 bridgehead atoms. The van der Waals surface area contributed by atoms with Crippen LogP contribution >= 0.6 is 23.1 Å². The monoisotopic (exact) mass is 472 g/mol. The molecule has 1 aromatic carbocycles. The van der Waals surface area contributed by atoms with Crippen LogP contribution in [0.15, 0.2) is 34.3 Å². The lowest BCUT2D eigenvalue weighted by Gasteiger charge is -2.31. The number of carbonyl (C=O) groups excluding carboxylic acids is 2. The number of piperazine rings is 1. The molecular formula is C21H24N6O3S2. The van der Waals surface area contributed by atoms with Gasteiger partial charge in [0.15, 0.2) is 10.3 Å². The predicted molar refractivity (Wildman–Crippen MR) is 128 cm³/mol. The van der Waals surface area contributed by atoms with Crippen molar-refractivity contribution in [3.05, 3.63) is 39.7 Å². The number of anilines is 1. The van der Waals surface area contributed by atoms with E-state index in [4.69, 9.17) is 0 Å². The van der Waals surface area contributed by atoms with E-state index in [0.717, 1.165) is 36.6 Å². The summed E-state index contributed by atoms with van der Waals surface area (Å²) in [6.45, 7) is 5.85. The summed E-state index contributed by atoms with van der Waals surface area (Å²) in [7, 11) is 2.08. The summed E-state index contributed by atoms with van der Waals surface area (Å²) in [5.74, 6) is -0.152. The fraction of sp³-hybridized carbons (Fsp3) is 0.333. The highest BCUT2D eigenvalue weighted by molar-refractivity contribution is 8.18. The van der Waals surface area contributed by atoms with E-state index in [-0.39, 0.29) is 17.6 Å². The molecule has 2 aliphatic heterocycles. The minimum Gasteiger partial charge on any atom is -0.508 e. The van der Waals surface area contributed by atoms with Crippen LogP contribution < -0.4 is 10.6 Å². The Labute approximate surface area is 194 Å². The number of aliphatic imine (C=N–C) groups is 1. The molecule has 0 radical (unpaired) electrons. The molecule has 0 unspecified atom stereocenters. The maximum Gasteiger partial charge on any atom is 0.264 e. The second kappa shape index (κ2) is 9.82. The molecule has 168 valence electrons. The van der Waals surface area contributed by atoms with Crippen molar-refractivity contribution < 1.29 is 14.7 Å². The lowest BCUT2D eigenvalue weighted by Crippen LogP contribution is -2.47. The van der Waals surface area contributed by atoms with Crippen molar-refractivity contribution in [2.45, 2.75) is 6.92 Å². The number of amidine groups is 1. The molecule has 9 nitrogen and oxygen atoms in total. The second-order valence-corrected chi connectivity index (χ2v) is 9.74. The Bertz CT molecular complexity index is 1090. The van der Waals surface area contributed by atoms with Gasteiger partial charge in [0.2, 0.25) is 5.91 Å². The molecule has 0 aliphatic carbocycles. The van der Waals surface area contributed by atoms with Crippen molar-refractivity contribution in [3.8, 4) is 5.75 Å². The smallest absolute Gasteiger partial charge is 0.264 e. The van der Waals surface area contributed by atoms with Crippen molar-refractivity contribution in [2.24, 2.45) is 4.99 Å². The zero-order valence-electron chi connectivity index (χ0n) is 17.8. The number of phenols is 1. The van der Waals surface area contributed by atoms with E-state index in [1.165, 1.54) is 23.1 Å². The van der Waals surface area contributed by atoms with Gasteiger partial charge < -0.3 is 20.6 Å². The van der Waals surface area contributed by atoms with Gasteiger partial charge in [0.25, 0.3) is 5.91 Å². The number of likely N-dealkylation sites (N-methyl/N-ethyl adjacent to an activating group) is 1. The lowest BCUT2D eigenvalue weighted by molar-refractivity contribution is -0.117. The fourth-order valence-electron chi connectivity index (χ4n) is 3.26. The van der Waals surface area contributed by atoms with Crippen LogP contribution in [0.25, 0.3) is 6.08 Å². The van der Waals surface area contributed by atoms with E-state index in [9.17, 15) is 14.7 Å². The molecule has 4 rings (SSSR count). The number of benzene rings is 1. The zero-order valence-corrected chi connectivity index (χ0v) is 19.4. The van der Waals surface area contributed by atoms with E-state index < -0.39 is 0 Å². The summed E-state index contributed by atoms with van der Waals surface area (Å²) >= 11 is 2.55. The first kappa shape index (κ1) is 22.5. The topological polar surface area (TPSA) is 110 Å². The largest absolute Gasteiger partial charge is 0.508 e. The van der Waals surface area contributed by atoms with Crippen LogP contribution in [-0.4, -0.2) is 76.6 Å². The number of thiazole rings is 1. The van der Waals surface area contributed by atoms with Gasteiger partial charge in [-0.2, -0.15) is 0 Å². The SMILES string of the molecule is Cc1cc(O)ccc1N=C1NC(=O)C(=Cc2cnc(NC(=O)CN3CCN(C)CC3)s2)S1. The fourth-order valence-corrected chi connectivity index (χ4v) is 4.94. The van der Waals surface area contributed by atoms with Crippen LogP contribution in [0.4, 0.5) is 10.8 Å². The standard InChI is InChI=1S/C21H24N6O3S2/c1-13-9-14(28)3-4-16(13)23-21-25-19(30)17(32-21)10-15-11-22-20(31-15)24-18(29)12-27-7-5-26(2)6-8-27/h3-4,9-11,28H,5-8,12H2,1-2H3,(H,22,24,29)(H,23,25,30). The van der Waals surface area contributed by atoms with Gasteiger partial charge >= 0.3 is 0 Å². The van der Waals surface area contributed by atoms with Crippen molar-refractivity contribution in [1.29, 1.82) is 0 Å². The molecule has 32 heavy (non-hydrogen) atoms. The van der Waals surface area contributed by atoms with E-state index in [2.05, 4.69) is 37.5 Å². The number of aromatic hydroxyl groups is 1. The zero-order chi connectivity index (χ0) is 22.7. The Hall–Kier alpha value is -2.73. The summed E-state index contributed by atoms with van der Waals surface area (Å²) in [5.41, 5.74) is 1.49. The van der Waals surface area contributed by atoms with Crippen LogP contribution in [-0.2, 0) is 9.59 Å². The summed E-state index contributed by atoms with van der Waals surface area (Å²) < 4.78 is 0. The summed E-state index contributed by atoms with van der Waals surface area (Å²) in [6, 6.07) is 4.88. The number of phenolic OH excluding ortho intramolecular Hbond substituents is 1. The van der Waals surface area contributed by atoms with E-state index in [1.807, 2.05) is 6.92 Å². The first-order valence-electron chi connectivity index (χ1n) is 10.1. The lowest BCUT2D eigenvalue weighted by atomic mass is 10.2. The summed E-state index contributed by atoms with van der Waals surface area (Å²) in [6.07, 6.45) is 3.37. The number of aryl methyl sites for hydroxylation is 1. The third-order valence-electron chi connectivity index (χ3n) is 5.06. The number of hydrogen-bond acceptors (Lipinski definition) is 9. The highest BCUT2D eigenvalue weighted by Gasteiger charge is 2.24. The molecule has 2 aliphatic rings. The molecule has 2 amide bonds.